The summed E-state index contributed by atoms with van der Waals surface area (Å²) < 4.78 is 10.5. The Balaban J connectivity index is 1.97. The number of amides is 1. The van der Waals surface area contributed by atoms with Crippen LogP contribution in [-0.4, -0.2) is 32.3 Å². The molecule has 1 aliphatic rings. The van der Waals surface area contributed by atoms with Crippen molar-refractivity contribution in [2.24, 2.45) is 0 Å². The van der Waals surface area contributed by atoms with E-state index in [0.717, 1.165) is 25.3 Å². The van der Waals surface area contributed by atoms with Gasteiger partial charge in [0.1, 0.15) is 5.75 Å². The minimum Gasteiger partial charge on any atom is -0.482 e. The first kappa shape index (κ1) is 13.5. The summed E-state index contributed by atoms with van der Waals surface area (Å²) in [6, 6.07) is 3.52. The van der Waals surface area contributed by atoms with Crippen LogP contribution in [0.25, 0.3) is 0 Å². The number of carbonyl (C=O) groups is 1. The van der Waals surface area contributed by atoms with Gasteiger partial charge < -0.3 is 25.8 Å². The number of anilines is 3. The van der Waals surface area contributed by atoms with E-state index in [1.165, 1.54) is 0 Å². The van der Waals surface area contributed by atoms with Crippen LogP contribution in [0.4, 0.5) is 17.1 Å². The molecule has 0 atom stereocenters. The largest absolute Gasteiger partial charge is 0.482 e. The van der Waals surface area contributed by atoms with Crippen LogP contribution in [0.5, 0.6) is 5.75 Å². The number of carbonyl (C=O) groups excluding carboxylic acids is 1. The van der Waals surface area contributed by atoms with Gasteiger partial charge in [0, 0.05) is 25.8 Å². The number of ether oxygens (including phenoxy) is 2. The molecule has 0 saturated heterocycles. The fourth-order valence-electron chi connectivity index (χ4n) is 1.84. The number of nitrogen functional groups attached to an aromatic ring is 1. The zero-order valence-electron chi connectivity index (χ0n) is 11.0. The monoisotopic (exact) mass is 265 g/mol. The zero-order valence-corrected chi connectivity index (χ0v) is 11.0. The third kappa shape index (κ3) is 3.51. The molecule has 1 aromatic rings. The minimum atomic E-state index is -0.153. The van der Waals surface area contributed by atoms with Crippen LogP contribution in [-0.2, 0) is 9.53 Å². The van der Waals surface area contributed by atoms with Gasteiger partial charge in [0.05, 0.1) is 17.1 Å². The molecule has 2 rings (SSSR count). The van der Waals surface area contributed by atoms with Crippen LogP contribution in [0.15, 0.2) is 12.1 Å². The molecule has 1 aliphatic heterocycles. The first-order valence-corrected chi connectivity index (χ1v) is 6.38. The third-order valence-corrected chi connectivity index (χ3v) is 2.77. The Morgan fingerprint density at radius 3 is 3.16 bits per heavy atom. The highest BCUT2D eigenvalue weighted by Gasteiger charge is 2.17. The summed E-state index contributed by atoms with van der Waals surface area (Å²) in [7, 11) is 0. The first-order chi connectivity index (χ1) is 9.20. The van der Waals surface area contributed by atoms with E-state index < -0.39 is 0 Å². The molecule has 0 unspecified atom stereocenters. The van der Waals surface area contributed by atoms with Crippen LogP contribution in [0.3, 0.4) is 0 Å². The molecule has 104 valence electrons. The van der Waals surface area contributed by atoms with E-state index in [2.05, 4.69) is 10.6 Å². The number of rotatable bonds is 6. The summed E-state index contributed by atoms with van der Waals surface area (Å²) in [5, 5.41) is 5.98. The molecule has 0 aromatic heterocycles. The van der Waals surface area contributed by atoms with E-state index in [-0.39, 0.29) is 12.5 Å². The number of nitrogens with two attached hydrogens (primary N) is 1. The van der Waals surface area contributed by atoms with Crippen LogP contribution in [0, 0.1) is 0 Å². The topological polar surface area (TPSA) is 85.6 Å². The SMILES string of the molecule is CCOCCCNc1cc2c(cc1N)OCC(=O)N2. The molecule has 0 bridgehead atoms. The van der Waals surface area contributed by atoms with Gasteiger partial charge in [0.15, 0.2) is 6.61 Å². The van der Waals surface area contributed by atoms with E-state index in [9.17, 15) is 4.79 Å². The predicted octanol–water partition coefficient (Wildman–Crippen LogP) is 1.44. The average Bonchev–Trinajstić information content (AvgIpc) is 2.39. The standard InChI is InChI=1S/C13H19N3O3/c1-2-18-5-3-4-15-10-7-11-12(6-9(10)14)19-8-13(17)16-11/h6-7,15H,2-5,8,14H2,1H3,(H,16,17). The van der Waals surface area contributed by atoms with E-state index >= 15 is 0 Å². The van der Waals surface area contributed by atoms with Crippen molar-refractivity contribution in [3.63, 3.8) is 0 Å². The zero-order chi connectivity index (χ0) is 13.7. The quantitative estimate of drug-likeness (QED) is 0.535. The highest BCUT2D eigenvalue weighted by molar-refractivity contribution is 5.97. The van der Waals surface area contributed by atoms with Gasteiger partial charge in [0.25, 0.3) is 5.91 Å². The molecule has 1 heterocycles. The number of nitrogens with one attached hydrogen (secondary N) is 2. The predicted molar refractivity (Wildman–Crippen MR) is 74.6 cm³/mol. The Labute approximate surface area is 112 Å². The van der Waals surface area contributed by atoms with Crippen LogP contribution < -0.4 is 21.1 Å². The number of fused-ring (bicyclic) bond motifs is 1. The highest BCUT2D eigenvalue weighted by Crippen LogP contribution is 2.35. The molecule has 19 heavy (non-hydrogen) atoms. The second kappa shape index (κ2) is 6.29. The smallest absolute Gasteiger partial charge is 0.262 e. The van der Waals surface area contributed by atoms with Gasteiger partial charge in [-0.1, -0.05) is 0 Å². The lowest BCUT2D eigenvalue weighted by Gasteiger charge is -2.20. The average molecular weight is 265 g/mol. The second-order valence-corrected chi connectivity index (χ2v) is 4.25. The van der Waals surface area contributed by atoms with Crippen molar-refractivity contribution in [3.05, 3.63) is 12.1 Å². The highest BCUT2D eigenvalue weighted by atomic mass is 16.5. The fraction of sp³-hybridized carbons (Fsp3) is 0.462. The van der Waals surface area contributed by atoms with Gasteiger partial charge in [0.2, 0.25) is 0 Å². The minimum absolute atomic E-state index is 0.0353. The lowest BCUT2D eigenvalue weighted by atomic mass is 10.2. The summed E-state index contributed by atoms with van der Waals surface area (Å²) in [4.78, 5) is 11.2. The summed E-state index contributed by atoms with van der Waals surface area (Å²) in [5.41, 5.74) is 7.98. The van der Waals surface area contributed by atoms with Gasteiger partial charge in [-0.05, 0) is 19.4 Å². The fourth-order valence-corrected chi connectivity index (χ4v) is 1.84. The van der Waals surface area contributed by atoms with Crippen LogP contribution >= 0.6 is 0 Å². The van der Waals surface area contributed by atoms with Gasteiger partial charge in [-0.25, -0.2) is 0 Å². The Bertz CT molecular complexity index is 463. The number of hydrogen-bond acceptors (Lipinski definition) is 5. The van der Waals surface area contributed by atoms with E-state index in [1.807, 2.05) is 6.92 Å². The molecule has 0 saturated carbocycles. The normalized spacial score (nSPS) is 13.4. The number of benzene rings is 1. The number of hydrogen-bond donors (Lipinski definition) is 3. The summed E-state index contributed by atoms with van der Waals surface area (Å²) in [6.07, 6.45) is 0.896. The maximum atomic E-state index is 11.2. The molecule has 0 aliphatic carbocycles. The second-order valence-electron chi connectivity index (χ2n) is 4.25. The first-order valence-electron chi connectivity index (χ1n) is 6.38. The molecule has 0 spiro atoms. The molecular formula is C13H19N3O3. The molecule has 0 fully saturated rings. The van der Waals surface area contributed by atoms with Gasteiger partial charge in [-0.2, -0.15) is 0 Å². The van der Waals surface area contributed by atoms with Gasteiger partial charge in [-0.3, -0.25) is 4.79 Å². The third-order valence-electron chi connectivity index (χ3n) is 2.77. The van der Waals surface area contributed by atoms with Crippen molar-refractivity contribution in [3.8, 4) is 5.75 Å². The van der Waals surface area contributed by atoms with Crippen molar-refractivity contribution < 1.29 is 14.3 Å². The molecule has 1 amide bonds. The van der Waals surface area contributed by atoms with Crippen molar-refractivity contribution in [1.82, 2.24) is 0 Å². The van der Waals surface area contributed by atoms with Crippen molar-refractivity contribution >= 4 is 23.0 Å². The molecule has 4 N–H and O–H groups in total. The Kier molecular flexibility index (Phi) is 4.46. The summed E-state index contributed by atoms with van der Waals surface area (Å²) >= 11 is 0. The van der Waals surface area contributed by atoms with Crippen LogP contribution in [0.1, 0.15) is 13.3 Å². The lowest BCUT2D eigenvalue weighted by Crippen LogP contribution is -2.25. The Hall–Kier alpha value is -1.95. The Morgan fingerprint density at radius 1 is 1.53 bits per heavy atom. The molecule has 0 radical (unpaired) electrons. The molecular weight excluding hydrogens is 246 g/mol. The van der Waals surface area contributed by atoms with Crippen LogP contribution in [0.2, 0.25) is 0 Å². The maximum absolute atomic E-state index is 11.2. The van der Waals surface area contributed by atoms with Gasteiger partial charge >= 0.3 is 0 Å². The van der Waals surface area contributed by atoms with Crippen molar-refractivity contribution in [2.75, 3.05) is 42.7 Å². The van der Waals surface area contributed by atoms with E-state index in [4.69, 9.17) is 15.2 Å². The molecule has 6 nitrogen and oxygen atoms in total. The lowest BCUT2D eigenvalue weighted by molar-refractivity contribution is -0.118. The Morgan fingerprint density at radius 2 is 2.37 bits per heavy atom. The van der Waals surface area contributed by atoms with E-state index in [1.54, 1.807) is 12.1 Å². The van der Waals surface area contributed by atoms with E-state index in [0.29, 0.717) is 23.7 Å². The summed E-state index contributed by atoms with van der Waals surface area (Å²) in [5.74, 6) is 0.455. The van der Waals surface area contributed by atoms with Crippen molar-refractivity contribution in [1.29, 1.82) is 0 Å². The summed E-state index contributed by atoms with van der Waals surface area (Å²) in [6.45, 7) is 4.21. The van der Waals surface area contributed by atoms with Gasteiger partial charge in [-0.15, -0.1) is 0 Å². The van der Waals surface area contributed by atoms with Crippen molar-refractivity contribution in [2.45, 2.75) is 13.3 Å². The molecule has 1 aromatic carbocycles. The molecule has 6 heteroatoms. The maximum Gasteiger partial charge on any atom is 0.262 e.